The first-order valence-electron chi connectivity index (χ1n) is 10.4. The quantitative estimate of drug-likeness (QED) is 0.365. The number of methoxy groups -OCH3 is 3. The Morgan fingerprint density at radius 2 is 1.37 bits per heavy atom. The third-order valence-corrected chi connectivity index (χ3v) is 5.90. The maximum Gasteiger partial charge on any atom is 0.308 e. The fourth-order valence-electron chi connectivity index (χ4n) is 4.03. The van der Waals surface area contributed by atoms with E-state index in [1.54, 1.807) is 21.3 Å². The molecule has 164 valence electrons. The number of esters is 1. The van der Waals surface area contributed by atoms with Gasteiger partial charge in [-0.3, -0.25) is 4.79 Å². The number of rotatable bonds is 10. The summed E-state index contributed by atoms with van der Waals surface area (Å²) in [7, 11) is 4.88. The molecule has 0 aromatic heterocycles. The number of ether oxygens (including phenoxy) is 4. The van der Waals surface area contributed by atoms with E-state index in [0.717, 1.165) is 30.4 Å². The first-order chi connectivity index (χ1) is 14.3. The van der Waals surface area contributed by atoms with Gasteiger partial charge in [0, 0.05) is 12.3 Å². The summed E-state index contributed by atoms with van der Waals surface area (Å²) in [5, 5.41) is 0. The van der Waals surface area contributed by atoms with Crippen LogP contribution >= 0.6 is 0 Å². The highest BCUT2D eigenvalue weighted by Gasteiger charge is 2.35. The number of carbonyl (C=O) groups excluding carboxylic acids is 1. The van der Waals surface area contributed by atoms with Gasteiger partial charge in [0.1, 0.15) is 0 Å². The van der Waals surface area contributed by atoms with E-state index < -0.39 is 0 Å². The number of benzene rings is 2. The summed E-state index contributed by atoms with van der Waals surface area (Å²) in [6, 6.07) is 12.0. The Morgan fingerprint density at radius 3 is 1.80 bits per heavy atom. The monoisotopic (exact) mass is 414 g/mol. The Balaban J connectivity index is 2.69. The van der Waals surface area contributed by atoms with Gasteiger partial charge < -0.3 is 18.9 Å². The van der Waals surface area contributed by atoms with Crippen molar-refractivity contribution in [1.29, 1.82) is 0 Å². The molecule has 2 aromatic carbocycles. The van der Waals surface area contributed by atoms with Gasteiger partial charge in [0.05, 0.1) is 21.3 Å². The van der Waals surface area contributed by atoms with Crippen molar-refractivity contribution < 1.29 is 23.7 Å². The van der Waals surface area contributed by atoms with Crippen molar-refractivity contribution in [1.82, 2.24) is 0 Å². The fourth-order valence-corrected chi connectivity index (χ4v) is 4.03. The van der Waals surface area contributed by atoms with E-state index >= 15 is 0 Å². The summed E-state index contributed by atoms with van der Waals surface area (Å²) >= 11 is 0. The average molecular weight is 415 g/mol. The lowest BCUT2D eigenvalue weighted by Gasteiger charge is -2.37. The van der Waals surface area contributed by atoms with Crippen molar-refractivity contribution in [3.63, 3.8) is 0 Å². The second-order valence-electron chi connectivity index (χ2n) is 7.68. The maximum absolute atomic E-state index is 11.5. The normalized spacial score (nSPS) is 13.8. The van der Waals surface area contributed by atoms with E-state index in [4.69, 9.17) is 18.9 Å². The highest BCUT2D eigenvalue weighted by atomic mass is 16.6. The Morgan fingerprint density at radius 1 is 0.867 bits per heavy atom. The fraction of sp³-hybridized carbons (Fsp3) is 0.480. The smallest absolute Gasteiger partial charge is 0.308 e. The van der Waals surface area contributed by atoms with Gasteiger partial charge >= 0.3 is 5.97 Å². The number of carbonyl (C=O) groups is 1. The van der Waals surface area contributed by atoms with Gasteiger partial charge in [-0.2, -0.15) is 0 Å². The van der Waals surface area contributed by atoms with Crippen LogP contribution in [0.4, 0.5) is 0 Å². The third-order valence-electron chi connectivity index (χ3n) is 5.90. The molecule has 5 nitrogen and oxygen atoms in total. The molecule has 0 amide bonds. The minimum absolute atomic E-state index is 0.253. The Hall–Kier alpha value is -2.69. The SMILES string of the molecule is CCC(C)CC(CC)(c1ccc(OC)c(OC)c1)c1ccc(OC(C)=O)c(OC)c1. The third kappa shape index (κ3) is 4.89. The second kappa shape index (κ2) is 10.4. The van der Waals surface area contributed by atoms with Crippen LogP contribution in [0.2, 0.25) is 0 Å². The second-order valence-corrected chi connectivity index (χ2v) is 7.68. The van der Waals surface area contributed by atoms with Crippen LogP contribution in [0.25, 0.3) is 0 Å². The van der Waals surface area contributed by atoms with E-state index in [-0.39, 0.29) is 11.4 Å². The highest BCUT2D eigenvalue weighted by Crippen LogP contribution is 2.46. The molecule has 30 heavy (non-hydrogen) atoms. The Kier molecular flexibility index (Phi) is 8.16. The lowest BCUT2D eigenvalue weighted by atomic mass is 9.67. The van der Waals surface area contributed by atoms with Crippen LogP contribution in [0, 0.1) is 5.92 Å². The molecule has 0 aliphatic heterocycles. The molecule has 0 spiro atoms. The van der Waals surface area contributed by atoms with E-state index in [0.29, 0.717) is 28.9 Å². The van der Waals surface area contributed by atoms with Crippen molar-refractivity contribution in [2.75, 3.05) is 21.3 Å². The lowest BCUT2D eigenvalue weighted by molar-refractivity contribution is -0.132. The van der Waals surface area contributed by atoms with Crippen LogP contribution < -0.4 is 18.9 Å². The van der Waals surface area contributed by atoms with Crippen LogP contribution in [0.15, 0.2) is 36.4 Å². The summed E-state index contributed by atoms with van der Waals surface area (Å²) in [4.78, 5) is 11.5. The molecule has 2 atom stereocenters. The average Bonchev–Trinajstić information content (AvgIpc) is 2.76. The minimum atomic E-state index is -0.373. The minimum Gasteiger partial charge on any atom is -0.493 e. The van der Waals surface area contributed by atoms with Gasteiger partial charge in [-0.25, -0.2) is 0 Å². The maximum atomic E-state index is 11.5. The first kappa shape index (κ1) is 23.6. The molecule has 0 aliphatic carbocycles. The van der Waals surface area contributed by atoms with Crippen LogP contribution in [0.1, 0.15) is 58.1 Å². The Bertz CT molecular complexity index is 861. The summed E-state index contributed by atoms with van der Waals surface area (Å²) in [5.41, 5.74) is 2.02. The van der Waals surface area contributed by atoms with Crippen molar-refractivity contribution in [2.45, 2.75) is 52.4 Å². The van der Waals surface area contributed by atoms with E-state index in [1.807, 2.05) is 24.3 Å². The van der Waals surface area contributed by atoms with Crippen molar-refractivity contribution in [3.8, 4) is 23.0 Å². The predicted molar refractivity (Wildman–Crippen MR) is 119 cm³/mol. The number of hydrogen-bond donors (Lipinski definition) is 0. The summed E-state index contributed by atoms with van der Waals surface area (Å²) < 4.78 is 21.9. The molecule has 0 radical (unpaired) electrons. The molecule has 0 saturated carbocycles. The number of hydrogen-bond acceptors (Lipinski definition) is 5. The standard InChI is InChI=1S/C25H34O5/c1-8-17(3)16-25(9-2,19-10-12-21(27-5)23(14-19)28-6)20-11-13-22(30-18(4)26)24(15-20)29-7/h10-15,17H,8-9,16H2,1-7H3. The molecule has 5 heteroatoms. The van der Waals surface area contributed by atoms with Gasteiger partial charge in [-0.15, -0.1) is 0 Å². The molecule has 2 unspecified atom stereocenters. The van der Waals surface area contributed by atoms with E-state index in [1.165, 1.54) is 6.92 Å². The Labute approximate surface area is 180 Å². The molecule has 0 fully saturated rings. The van der Waals surface area contributed by atoms with E-state index in [2.05, 4.69) is 32.9 Å². The van der Waals surface area contributed by atoms with Gasteiger partial charge in [-0.05, 0) is 54.2 Å². The summed E-state index contributed by atoms with van der Waals surface area (Å²) in [5.74, 6) is 2.53. The highest BCUT2D eigenvalue weighted by molar-refractivity contribution is 5.70. The molecule has 0 bridgehead atoms. The molecule has 0 saturated heterocycles. The van der Waals surface area contributed by atoms with Crippen LogP contribution in [0.5, 0.6) is 23.0 Å². The zero-order valence-corrected chi connectivity index (χ0v) is 19.2. The largest absolute Gasteiger partial charge is 0.493 e. The molecule has 0 N–H and O–H groups in total. The topological polar surface area (TPSA) is 54.0 Å². The molecule has 2 aromatic rings. The first-order valence-corrected chi connectivity index (χ1v) is 10.4. The zero-order valence-electron chi connectivity index (χ0n) is 19.2. The molecule has 2 rings (SSSR count). The lowest BCUT2D eigenvalue weighted by Crippen LogP contribution is -2.29. The van der Waals surface area contributed by atoms with Gasteiger partial charge in [0.15, 0.2) is 23.0 Å². The summed E-state index contributed by atoms with van der Waals surface area (Å²) in [6.07, 6.45) is 2.94. The van der Waals surface area contributed by atoms with Gasteiger partial charge in [0.25, 0.3) is 0 Å². The van der Waals surface area contributed by atoms with Crippen LogP contribution in [-0.4, -0.2) is 27.3 Å². The van der Waals surface area contributed by atoms with Crippen LogP contribution in [-0.2, 0) is 10.2 Å². The van der Waals surface area contributed by atoms with Crippen molar-refractivity contribution >= 4 is 5.97 Å². The predicted octanol–water partition coefficient (Wildman–Crippen LogP) is 5.77. The molecule has 0 heterocycles. The van der Waals surface area contributed by atoms with Gasteiger partial charge in [0.2, 0.25) is 0 Å². The zero-order chi connectivity index (χ0) is 22.3. The molecular weight excluding hydrogens is 380 g/mol. The molecular formula is C25H34O5. The van der Waals surface area contributed by atoms with Crippen LogP contribution in [0.3, 0.4) is 0 Å². The van der Waals surface area contributed by atoms with Gasteiger partial charge in [-0.1, -0.05) is 39.3 Å². The van der Waals surface area contributed by atoms with Crippen molar-refractivity contribution in [3.05, 3.63) is 47.5 Å². The summed E-state index contributed by atoms with van der Waals surface area (Å²) in [6.45, 7) is 8.07. The van der Waals surface area contributed by atoms with E-state index in [9.17, 15) is 4.79 Å². The molecule has 0 aliphatic rings. The van der Waals surface area contributed by atoms with Crippen molar-refractivity contribution in [2.24, 2.45) is 5.92 Å².